The van der Waals surface area contributed by atoms with E-state index in [4.69, 9.17) is 4.98 Å². The van der Waals surface area contributed by atoms with Gasteiger partial charge in [0.2, 0.25) is 11.8 Å². The number of amides is 3. The van der Waals surface area contributed by atoms with Gasteiger partial charge in [0.05, 0.1) is 12.0 Å². The highest BCUT2D eigenvalue weighted by Gasteiger charge is 2.39. The van der Waals surface area contributed by atoms with Crippen LogP contribution in [0.4, 0.5) is 0 Å². The minimum atomic E-state index is -0.614. The van der Waals surface area contributed by atoms with Crippen LogP contribution in [0, 0.1) is 0 Å². The third kappa shape index (κ3) is 3.47. The van der Waals surface area contributed by atoms with Gasteiger partial charge in [-0.25, -0.2) is 9.97 Å². The molecular weight excluding hydrogens is 432 g/mol. The minimum Gasteiger partial charge on any atom is -0.322 e. The molecule has 2 aromatic heterocycles. The Labute approximate surface area is 196 Å². The first kappa shape index (κ1) is 21.0. The number of imide groups is 1. The number of carbonyl (C=O) groups excluding carboxylic acids is 3. The summed E-state index contributed by atoms with van der Waals surface area (Å²) >= 11 is 0. The number of benzene rings is 1. The molecule has 1 N–H and O–H groups in total. The van der Waals surface area contributed by atoms with Gasteiger partial charge in [-0.3, -0.25) is 24.6 Å². The van der Waals surface area contributed by atoms with Crippen LogP contribution in [0.2, 0.25) is 0 Å². The van der Waals surface area contributed by atoms with Crippen molar-refractivity contribution in [2.45, 2.75) is 44.8 Å². The Bertz CT molecular complexity index is 1340. The summed E-state index contributed by atoms with van der Waals surface area (Å²) in [5.41, 5.74) is 6.19. The van der Waals surface area contributed by atoms with Crippen molar-refractivity contribution in [3.8, 4) is 11.3 Å². The fourth-order valence-corrected chi connectivity index (χ4v) is 5.35. The number of likely N-dealkylation sites (tertiary alicyclic amines) is 1. The average Bonchev–Trinajstić information content (AvgIpc) is 3.54. The van der Waals surface area contributed by atoms with Gasteiger partial charge in [0, 0.05) is 37.7 Å². The molecule has 5 heterocycles. The number of aryl methyl sites for hydroxylation is 1. The van der Waals surface area contributed by atoms with E-state index in [1.807, 2.05) is 29.8 Å². The summed E-state index contributed by atoms with van der Waals surface area (Å²) in [5.74, 6) is -0.845. The Morgan fingerprint density at radius 2 is 1.94 bits per heavy atom. The van der Waals surface area contributed by atoms with Gasteiger partial charge in [-0.15, -0.1) is 0 Å². The number of hydrogen-bond acceptors (Lipinski definition) is 6. The zero-order valence-electron chi connectivity index (χ0n) is 19.1. The highest BCUT2D eigenvalue weighted by molar-refractivity contribution is 6.05. The number of rotatable bonds is 4. The zero-order chi connectivity index (χ0) is 23.4. The molecule has 3 aromatic rings. The molecule has 9 nitrogen and oxygen atoms in total. The first-order valence-electron chi connectivity index (χ1n) is 11.8. The highest BCUT2D eigenvalue weighted by atomic mass is 16.2. The van der Waals surface area contributed by atoms with E-state index in [2.05, 4.69) is 21.3 Å². The van der Waals surface area contributed by atoms with Crippen LogP contribution in [0.1, 0.15) is 47.2 Å². The Kier molecular flexibility index (Phi) is 4.95. The van der Waals surface area contributed by atoms with Gasteiger partial charge in [0.15, 0.2) is 5.65 Å². The summed E-state index contributed by atoms with van der Waals surface area (Å²) in [5, 5.41) is 2.35. The molecule has 3 amide bonds. The molecule has 3 aliphatic heterocycles. The number of nitrogens with zero attached hydrogens (tertiary/aromatic N) is 5. The molecule has 0 aliphatic carbocycles. The lowest BCUT2D eigenvalue weighted by atomic mass is 10.0. The number of pyridine rings is 1. The number of carbonyl (C=O) groups is 3. The number of fused-ring (bicyclic) bond motifs is 2. The normalized spacial score (nSPS) is 20.9. The number of aromatic nitrogens is 3. The number of nitrogens with one attached hydrogen (secondary N) is 1. The molecule has 174 valence electrons. The van der Waals surface area contributed by atoms with Gasteiger partial charge >= 0.3 is 0 Å². The second-order valence-electron chi connectivity index (χ2n) is 9.45. The van der Waals surface area contributed by atoms with Crippen LogP contribution < -0.4 is 5.32 Å². The Morgan fingerprint density at radius 1 is 1.12 bits per heavy atom. The van der Waals surface area contributed by atoms with Crippen LogP contribution >= 0.6 is 0 Å². The molecule has 0 saturated carbocycles. The standard InChI is InChI=1S/C25H26N6O3/c1-29-14-26-22-17(12-30-8-2-3-9-30)11-19(27-23(22)29)15-4-5-18-16(10-15)13-31(25(18)34)20-6-7-21(32)28-24(20)33/h4-5,10-11,14,20H,2-3,6-9,12-13H2,1H3,(H,28,32,33). The largest absolute Gasteiger partial charge is 0.322 e. The predicted octanol–water partition coefficient (Wildman–Crippen LogP) is 1.99. The third-order valence-corrected chi connectivity index (χ3v) is 7.16. The average molecular weight is 459 g/mol. The third-order valence-electron chi connectivity index (χ3n) is 7.16. The molecule has 0 bridgehead atoms. The summed E-state index contributed by atoms with van der Waals surface area (Å²) in [6.45, 7) is 3.39. The Morgan fingerprint density at radius 3 is 2.74 bits per heavy atom. The van der Waals surface area contributed by atoms with Crippen LogP contribution in [0.25, 0.3) is 22.4 Å². The van der Waals surface area contributed by atoms with E-state index in [-0.39, 0.29) is 18.2 Å². The van der Waals surface area contributed by atoms with Gasteiger partial charge in [0.1, 0.15) is 11.6 Å². The second kappa shape index (κ2) is 8.02. The van der Waals surface area contributed by atoms with Crippen molar-refractivity contribution in [2.75, 3.05) is 13.1 Å². The number of hydrogen-bond donors (Lipinski definition) is 1. The van der Waals surface area contributed by atoms with Crippen LogP contribution in [0.3, 0.4) is 0 Å². The zero-order valence-corrected chi connectivity index (χ0v) is 19.1. The summed E-state index contributed by atoms with van der Waals surface area (Å²) in [6.07, 6.45) is 4.86. The predicted molar refractivity (Wildman–Crippen MR) is 125 cm³/mol. The second-order valence-corrected chi connectivity index (χ2v) is 9.45. The maximum absolute atomic E-state index is 13.0. The number of piperidine rings is 1. The van der Waals surface area contributed by atoms with E-state index in [9.17, 15) is 14.4 Å². The van der Waals surface area contributed by atoms with Crippen molar-refractivity contribution < 1.29 is 14.4 Å². The molecule has 0 spiro atoms. The van der Waals surface area contributed by atoms with Crippen molar-refractivity contribution in [1.82, 2.24) is 29.7 Å². The van der Waals surface area contributed by atoms with E-state index in [0.29, 0.717) is 18.5 Å². The van der Waals surface area contributed by atoms with Crippen molar-refractivity contribution in [3.05, 3.63) is 47.3 Å². The fraction of sp³-hybridized carbons (Fsp3) is 0.400. The van der Waals surface area contributed by atoms with E-state index < -0.39 is 11.9 Å². The van der Waals surface area contributed by atoms with Crippen LogP contribution in [0.15, 0.2) is 30.6 Å². The Hall–Kier alpha value is -3.59. The summed E-state index contributed by atoms with van der Waals surface area (Å²) in [7, 11) is 1.95. The van der Waals surface area contributed by atoms with Gasteiger partial charge < -0.3 is 9.47 Å². The maximum Gasteiger partial charge on any atom is 0.255 e. The minimum absolute atomic E-state index is 0.166. The van der Waals surface area contributed by atoms with E-state index in [1.165, 1.54) is 12.8 Å². The number of imidazole rings is 1. The van der Waals surface area contributed by atoms with Crippen molar-refractivity contribution in [3.63, 3.8) is 0 Å². The smallest absolute Gasteiger partial charge is 0.255 e. The molecule has 9 heteroatoms. The lowest BCUT2D eigenvalue weighted by molar-refractivity contribution is -0.136. The van der Waals surface area contributed by atoms with Crippen molar-refractivity contribution in [1.29, 1.82) is 0 Å². The highest BCUT2D eigenvalue weighted by Crippen LogP contribution is 2.32. The molecule has 0 radical (unpaired) electrons. The molecular formula is C25H26N6O3. The lowest BCUT2D eigenvalue weighted by Gasteiger charge is -2.29. The van der Waals surface area contributed by atoms with Crippen LogP contribution in [-0.4, -0.2) is 61.2 Å². The summed E-state index contributed by atoms with van der Waals surface area (Å²) in [4.78, 5) is 50.4. The SMILES string of the molecule is Cn1cnc2c(CN3CCCC3)cc(-c3ccc4c(c3)CN(C3CCC(=O)NC3=O)C4=O)nc21. The maximum atomic E-state index is 13.0. The quantitative estimate of drug-likeness (QED) is 0.600. The summed E-state index contributed by atoms with van der Waals surface area (Å²) in [6, 6.07) is 7.26. The Balaban J connectivity index is 1.34. The molecule has 2 saturated heterocycles. The summed E-state index contributed by atoms with van der Waals surface area (Å²) < 4.78 is 1.94. The van der Waals surface area contributed by atoms with Gasteiger partial charge in [-0.05, 0) is 61.7 Å². The molecule has 2 fully saturated rings. The molecule has 1 aromatic carbocycles. The topological polar surface area (TPSA) is 100 Å². The fourth-order valence-electron chi connectivity index (χ4n) is 5.35. The first-order valence-corrected chi connectivity index (χ1v) is 11.8. The monoisotopic (exact) mass is 458 g/mol. The molecule has 1 unspecified atom stereocenters. The van der Waals surface area contributed by atoms with Crippen molar-refractivity contribution in [2.24, 2.45) is 7.05 Å². The van der Waals surface area contributed by atoms with Crippen LogP contribution in [-0.2, 0) is 29.7 Å². The van der Waals surface area contributed by atoms with Gasteiger partial charge in [-0.1, -0.05) is 6.07 Å². The van der Waals surface area contributed by atoms with Crippen molar-refractivity contribution >= 4 is 28.9 Å². The van der Waals surface area contributed by atoms with Gasteiger partial charge in [-0.2, -0.15) is 0 Å². The molecule has 6 rings (SSSR count). The molecule has 1 atom stereocenters. The van der Waals surface area contributed by atoms with E-state index in [0.717, 1.165) is 53.2 Å². The van der Waals surface area contributed by atoms with Crippen LogP contribution in [0.5, 0.6) is 0 Å². The first-order chi connectivity index (χ1) is 16.5. The van der Waals surface area contributed by atoms with Gasteiger partial charge in [0.25, 0.3) is 5.91 Å². The van der Waals surface area contributed by atoms with E-state index >= 15 is 0 Å². The molecule has 34 heavy (non-hydrogen) atoms. The van der Waals surface area contributed by atoms with E-state index in [1.54, 1.807) is 11.2 Å². The lowest BCUT2D eigenvalue weighted by Crippen LogP contribution is -2.52. The molecule has 3 aliphatic rings.